The number of amides is 1. The Bertz CT molecular complexity index is 1380. The average molecular weight is 533 g/mol. The molecule has 190 valence electrons. The first-order chi connectivity index (χ1) is 17.0. The van der Waals surface area contributed by atoms with E-state index < -0.39 is 33.6 Å². The van der Waals surface area contributed by atoms with Gasteiger partial charge in [0.1, 0.15) is 28.2 Å². The molecule has 2 atom stereocenters. The maximum absolute atomic E-state index is 13.5. The highest BCUT2D eigenvalue weighted by Gasteiger charge is 2.45. The molecule has 0 aromatic heterocycles. The molecule has 0 saturated carbocycles. The van der Waals surface area contributed by atoms with E-state index in [1.807, 2.05) is 30.3 Å². The van der Waals surface area contributed by atoms with Crippen molar-refractivity contribution in [3.63, 3.8) is 0 Å². The Morgan fingerprint density at radius 2 is 1.83 bits per heavy atom. The van der Waals surface area contributed by atoms with Crippen LogP contribution in [0.4, 0.5) is 4.39 Å². The van der Waals surface area contributed by atoms with Crippen LogP contribution in [0, 0.1) is 5.82 Å². The van der Waals surface area contributed by atoms with Crippen molar-refractivity contribution < 1.29 is 27.4 Å². The van der Waals surface area contributed by atoms with Crippen LogP contribution in [0.25, 0.3) is 0 Å². The molecule has 10 heteroatoms. The minimum absolute atomic E-state index is 0.279. The summed E-state index contributed by atoms with van der Waals surface area (Å²) in [6.07, 6.45) is -0.663. The van der Waals surface area contributed by atoms with Gasteiger partial charge in [-0.15, -0.1) is 0 Å². The van der Waals surface area contributed by atoms with Crippen LogP contribution in [-0.2, 0) is 16.4 Å². The fourth-order valence-electron chi connectivity index (χ4n) is 4.06. The number of nitrogens with one attached hydrogen (secondary N) is 2. The maximum atomic E-state index is 13.5. The molecule has 1 aliphatic rings. The second kappa shape index (κ2) is 10.2. The molecule has 0 spiro atoms. The zero-order chi connectivity index (χ0) is 26.1. The minimum Gasteiger partial charge on any atom is -0.485 e. The third-order valence-electron chi connectivity index (χ3n) is 6.02. The molecule has 0 unspecified atom stereocenters. The van der Waals surface area contributed by atoms with E-state index in [1.165, 1.54) is 6.07 Å². The molecule has 0 saturated heterocycles. The fraction of sp³-hybridized carbons (Fsp3) is 0.269. The Morgan fingerprint density at radius 3 is 2.53 bits per heavy atom. The van der Waals surface area contributed by atoms with E-state index in [0.29, 0.717) is 24.3 Å². The SMILES string of the molecule is CC1(C)Oc2ccc(C(=O)NCCc3ccccc3)cc2[C@@H](NS(=O)(=O)c2ccc(F)cc2Cl)[C@@H]1O. The van der Waals surface area contributed by atoms with Crippen molar-refractivity contribution in [3.05, 3.63) is 94.3 Å². The number of fused-ring (bicyclic) bond motifs is 1. The normalized spacial score (nSPS) is 18.7. The van der Waals surface area contributed by atoms with Crippen molar-refractivity contribution in [3.8, 4) is 5.75 Å². The van der Waals surface area contributed by atoms with Gasteiger partial charge in [0.2, 0.25) is 10.0 Å². The Labute approximate surface area is 214 Å². The number of carbonyl (C=O) groups is 1. The van der Waals surface area contributed by atoms with E-state index >= 15 is 0 Å². The lowest BCUT2D eigenvalue weighted by Crippen LogP contribution is -2.53. The van der Waals surface area contributed by atoms with E-state index in [0.717, 1.165) is 23.8 Å². The Kier molecular flexibility index (Phi) is 7.38. The number of halogens is 2. The highest BCUT2D eigenvalue weighted by molar-refractivity contribution is 7.89. The van der Waals surface area contributed by atoms with Gasteiger partial charge in [-0.3, -0.25) is 4.79 Å². The van der Waals surface area contributed by atoms with E-state index in [9.17, 15) is 22.7 Å². The summed E-state index contributed by atoms with van der Waals surface area (Å²) in [5.74, 6) is -0.709. The molecule has 3 aromatic rings. The monoisotopic (exact) mass is 532 g/mol. The van der Waals surface area contributed by atoms with E-state index in [-0.39, 0.29) is 21.4 Å². The summed E-state index contributed by atoms with van der Waals surface area (Å²) in [4.78, 5) is 12.5. The molecule has 1 amide bonds. The molecule has 0 bridgehead atoms. The zero-order valence-electron chi connectivity index (χ0n) is 19.7. The maximum Gasteiger partial charge on any atom is 0.251 e. The van der Waals surface area contributed by atoms with Gasteiger partial charge in [-0.1, -0.05) is 41.9 Å². The molecule has 0 aliphatic carbocycles. The first-order valence-electron chi connectivity index (χ1n) is 11.3. The van der Waals surface area contributed by atoms with Crippen molar-refractivity contribution in [2.24, 2.45) is 0 Å². The number of sulfonamides is 1. The lowest BCUT2D eigenvalue weighted by molar-refractivity contribution is -0.0603. The van der Waals surface area contributed by atoms with E-state index in [2.05, 4.69) is 10.0 Å². The van der Waals surface area contributed by atoms with Crippen LogP contribution in [0.3, 0.4) is 0 Å². The fourth-order valence-corrected chi connectivity index (χ4v) is 5.81. The topological polar surface area (TPSA) is 105 Å². The molecule has 1 aliphatic heterocycles. The summed E-state index contributed by atoms with van der Waals surface area (Å²) in [5.41, 5.74) is 0.503. The van der Waals surface area contributed by atoms with Crippen molar-refractivity contribution >= 4 is 27.5 Å². The smallest absolute Gasteiger partial charge is 0.251 e. The van der Waals surface area contributed by atoms with Gasteiger partial charge in [0.15, 0.2) is 0 Å². The first-order valence-corrected chi connectivity index (χ1v) is 13.1. The Balaban J connectivity index is 1.60. The first kappa shape index (κ1) is 26.1. The second-order valence-corrected chi connectivity index (χ2v) is 11.2. The number of benzene rings is 3. The molecule has 0 fully saturated rings. The number of aliphatic hydroxyl groups excluding tert-OH is 1. The van der Waals surface area contributed by atoms with Crippen LogP contribution < -0.4 is 14.8 Å². The number of ether oxygens (including phenoxy) is 1. The van der Waals surface area contributed by atoms with Gasteiger partial charge in [-0.2, -0.15) is 0 Å². The highest BCUT2D eigenvalue weighted by Crippen LogP contribution is 2.41. The molecule has 4 rings (SSSR count). The summed E-state index contributed by atoms with van der Waals surface area (Å²) in [6, 6.07) is 16.1. The predicted molar refractivity (Wildman–Crippen MR) is 134 cm³/mol. The van der Waals surface area contributed by atoms with E-state index in [4.69, 9.17) is 16.3 Å². The standard InChI is InChI=1S/C26H26ClFN2O5S/c1-26(2)24(31)23(30-36(33,34)22-11-9-18(28)15-20(22)27)19-14-17(8-10-21(19)35-26)25(32)29-13-12-16-6-4-3-5-7-16/h3-11,14-15,23-24,30-31H,12-13H2,1-2H3,(H,29,32)/t23-,24+/m1/s1. The van der Waals surface area contributed by atoms with Crippen LogP contribution in [0.15, 0.2) is 71.6 Å². The number of hydrogen-bond donors (Lipinski definition) is 3. The Hall–Kier alpha value is -2.98. The van der Waals surface area contributed by atoms with Crippen molar-refractivity contribution in [2.75, 3.05) is 6.54 Å². The minimum atomic E-state index is -4.28. The predicted octanol–water partition coefficient (Wildman–Crippen LogP) is 4.00. The van der Waals surface area contributed by atoms with Crippen molar-refractivity contribution in [1.82, 2.24) is 10.0 Å². The quantitative estimate of drug-likeness (QED) is 0.426. The van der Waals surface area contributed by atoms with Crippen LogP contribution in [0.5, 0.6) is 5.75 Å². The summed E-state index contributed by atoms with van der Waals surface area (Å²) >= 11 is 5.98. The van der Waals surface area contributed by atoms with Gasteiger partial charge >= 0.3 is 0 Å². The Morgan fingerprint density at radius 1 is 1.11 bits per heavy atom. The van der Waals surface area contributed by atoms with Gasteiger partial charge in [0.05, 0.1) is 11.1 Å². The molecule has 1 heterocycles. The third-order valence-corrected chi connectivity index (χ3v) is 7.94. The van der Waals surface area contributed by atoms with Gasteiger partial charge in [-0.25, -0.2) is 17.5 Å². The van der Waals surface area contributed by atoms with Crippen LogP contribution >= 0.6 is 11.6 Å². The van der Waals surface area contributed by atoms with Crippen LogP contribution in [0.2, 0.25) is 5.02 Å². The molecule has 7 nitrogen and oxygen atoms in total. The van der Waals surface area contributed by atoms with Gasteiger partial charge in [-0.05, 0) is 62.2 Å². The van der Waals surface area contributed by atoms with Gasteiger partial charge < -0.3 is 15.2 Å². The van der Waals surface area contributed by atoms with Gasteiger partial charge in [0, 0.05) is 17.7 Å². The number of carbonyl (C=O) groups excluding carboxylic acids is 1. The summed E-state index contributed by atoms with van der Waals surface area (Å²) in [7, 11) is -4.28. The molecular weight excluding hydrogens is 507 g/mol. The zero-order valence-corrected chi connectivity index (χ0v) is 21.2. The third kappa shape index (κ3) is 5.54. The van der Waals surface area contributed by atoms with Crippen LogP contribution in [0.1, 0.15) is 41.4 Å². The molecule has 36 heavy (non-hydrogen) atoms. The molecular formula is C26H26ClFN2O5S. The van der Waals surface area contributed by atoms with Crippen molar-refractivity contribution in [1.29, 1.82) is 0 Å². The molecule has 0 radical (unpaired) electrons. The number of hydrogen-bond acceptors (Lipinski definition) is 5. The highest BCUT2D eigenvalue weighted by atomic mass is 35.5. The van der Waals surface area contributed by atoms with Gasteiger partial charge in [0.25, 0.3) is 5.91 Å². The largest absolute Gasteiger partial charge is 0.485 e. The summed E-state index contributed by atoms with van der Waals surface area (Å²) in [6.45, 7) is 3.65. The number of rotatable bonds is 7. The lowest BCUT2D eigenvalue weighted by Gasteiger charge is -2.42. The van der Waals surface area contributed by atoms with E-state index in [1.54, 1.807) is 26.0 Å². The number of aliphatic hydroxyl groups is 1. The molecule has 3 N–H and O–H groups in total. The summed E-state index contributed by atoms with van der Waals surface area (Å²) < 4.78 is 48.1. The summed E-state index contributed by atoms with van der Waals surface area (Å²) in [5, 5.41) is 13.6. The van der Waals surface area contributed by atoms with Crippen molar-refractivity contribution in [2.45, 2.75) is 42.9 Å². The van der Waals surface area contributed by atoms with Crippen LogP contribution in [-0.4, -0.2) is 37.7 Å². The second-order valence-electron chi connectivity index (χ2n) is 9.07. The molecule has 3 aromatic carbocycles. The average Bonchev–Trinajstić information content (AvgIpc) is 2.82. The lowest BCUT2D eigenvalue weighted by atomic mass is 9.86.